The van der Waals surface area contributed by atoms with E-state index in [1.165, 1.54) is 11.5 Å². The Morgan fingerprint density at radius 3 is 2.43 bits per heavy atom. The molecule has 0 N–H and O–H groups in total. The third-order valence-corrected chi connectivity index (χ3v) is 4.15. The van der Waals surface area contributed by atoms with E-state index in [4.69, 9.17) is 23.2 Å². The molecule has 3 rings (SSSR count). The molecule has 1 atom stereocenters. The maximum atomic E-state index is 13.9. The molecule has 3 aromatic carbocycles. The van der Waals surface area contributed by atoms with Crippen molar-refractivity contribution in [1.29, 1.82) is 0 Å². The standard InChI is InChI=1S/C18H13Cl2F/c19-15-7-8-16(18(21)11-15)17(20)10-12-5-6-13-3-1-2-4-14(13)9-12/h1-9,11,17H,10H2. The molecule has 106 valence electrons. The minimum absolute atomic E-state index is 0.358. The van der Waals surface area contributed by atoms with Gasteiger partial charge in [0.1, 0.15) is 5.82 Å². The second-order valence-corrected chi connectivity index (χ2v) is 5.98. The van der Waals surface area contributed by atoms with Gasteiger partial charge in [-0.1, -0.05) is 60.1 Å². The van der Waals surface area contributed by atoms with E-state index in [1.807, 2.05) is 18.2 Å². The summed E-state index contributed by atoms with van der Waals surface area (Å²) >= 11 is 12.1. The third kappa shape index (κ3) is 3.20. The molecule has 0 nitrogen and oxygen atoms in total. The fourth-order valence-corrected chi connectivity index (χ4v) is 2.95. The third-order valence-electron chi connectivity index (χ3n) is 3.53. The molecule has 0 spiro atoms. The van der Waals surface area contributed by atoms with E-state index >= 15 is 0 Å². The lowest BCUT2D eigenvalue weighted by atomic mass is 10.0. The summed E-state index contributed by atoms with van der Waals surface area (Å²) in [6, 6.07) is 18.9. The summed E-state index contributed by atoms with van der Waals surface area (Å²) in [5, 5.41) is 2.31. The van der Waals surface area contributed by atoms with Crippen molar-refractivity contribution in [2.45, 2.75) is 11.8 Å². The summed E-state index contributed by atoms with van der Waals surface area (Å²) in [6.07, 6.45) is 0.574. The van der Waals surface area contributed by atoms with Crippen LogP contribution in [0.25, 0.3) is 10.8 Å². The van der Waals surface area contributed by atoms with E-state index in [-0.39, 0.29) is 5.82 Å². The monoisotopic (exact) mass is 318 g/mol. The number of hydrogen-bond acceptors (Lipinski definition) is 0. The predicted molar refractivity (Wildman–Crippen MR) is 87.7 cm³/mol. The second kappa shape index (κ2) is 6.05. The van der Waals surface area contributed by atoms with Crippen molar-refractivity contribution in [2.24, 2.45) is 0 Å². The maximum Gasteiger partial charge on any atom is 0.129 e. The minimum Gasteiger partial charge on any atom is -0.207 e. The number of fused-ring (bicyclic) bond motifs is 1. The first kappa shape index (κ1) is 14.4. The Kier molecular flexibility index (Phi) is 4.14. The normalized spacial score (nSPS) is 12.5. The summed E-state index contributed by atoms with van der Waals surface area (Å²) in [4.78, 5) is 0. The van der Waals surface area contributed by atoms with Crippen molar-refractivity contribution in [3.8, 4) is 0 Å². The fourth-order valence-electron chi connectivity index (χ4n) is 2.44. The Morgan fingerprint density at radius 1 is 0.905 bits per heavy atom. The number of rotatable bonds is 3. The molecule has 0 saturated carbocycles. The lowest BCUT2D eigenvalue weighted by molar-refractivity contribution is 0.606. The van der Waals surface area contributed by atoms with Crippen molar-refractivity contribution in [3.63, 3.8) is 0 Å². The lowest BCUT2D eigenvalue weighted by Crippen LogP contribution is -1.99. The van der Waals surface area contributed by atoms with E-state index in [9.17, 15) is 4.39 Å². The van der Waals surface area contributed by atoms with Gasteiger partial charge in [0.15, 0.2) is 0 Å². The van der Waals surface area contributed by atoms with Crippen molar-refractivity contribution in [2.75, 3.05) is 0 Å². The van der Waals surface area contributed by atoms with E-state index in [0.717, 1.165) is 10.9 Å². The van der Waals surface area contributed by atoms with Crippen LogP contribution in [0.2, 0.25) is 5.02 Å². The Hall–Kier alpha value is -1.57. The first-order valence-corrected chi connectivity index (χ1v) is 7.51. The van der Waals surface area contributed by atoms with Gasteiger partial charge in [0, 0.05) is 10.6 Å². The van der Waals surface area contributed by atoms with Gasteiger partial charge in [0.25, 0.3) is 0 Å². The highest BCUT2D eigenvalue weighted by molar-refractivity contribution is 6.30. The average Bonchev–Trinajstić information content (AvgIpc) is 2.47. The van der Waals surface area contributed by atoms with Crippen LogP contribution in [-0.2, 0) is 6.42 Å². The average molecular weight is 319 g/mol. The van der Waals surface area contributed by atoms with Gasteiger partial charge in [-0.25, -0.2) is 4.39 Å². The lowest BCUT2D eigenvalue weighted by Gasteiger charge is -2.12. The molecule has 1 unspecified atom stereocenters. The zero-order valence-electron chi connectivity index (χ0n) is 11.2. The van der Waals surface area contributed by atoms with E-state index in [1.54, 1.807) is 12.1 Å². The summed E-state index contributed by atoms with van der Waals surface area (Å²) in [5.74, 6) is -0.358. The van der Waals surface area contributed by atoms with Crippen LogP contribution in [0.15, 0.2) is 60.7 Å². The van der Waals surface area contributed by atoms with Crippen LogP contribution >= 0.6 is 23.2 Å². The topological polar surface area (TPSA) is 0 Å². The van der Waals surface area contributed by atoms with Gasteiger partial charge < -0.3 is 0 Å². The van der Waals surface area contributed by atoms with Crippen molar-refractivity contribution >= 4 is 34.0 Å². The molecule has 0 aliphatic carbocycles. The quantitative estimate of drug-likeness (QED) is 0.508. The molecule has 0 radical (unpaired) electrons. The second-order valence-electron chi connectivity index (χ2n) is 5.02. The van der Waals surface area contributed by atoms with Gasteiger partial charge in [-0.2, -0.15) is 0 Å². The molecule has 0 aromatic heterocycles. The summed E-state index contributed by atoms with van der Waals surface area (Å²) in [7, 11) is 0. The largest absolute Gasteiger partial charge is 0.207 e. The molecule has 0 saturated heterocycles. The highest BCUT2D eigenvalue weighted by Gasteiger charge is 2.14. The van der Waals surface area contributed by atoms with Crippen LogP contribution in [-0.4, -0.2) is 0 Å². The van der Waals surface area contributed by atoms with Gasteiger partial charge in [0.05, 0.1) is 5.38 Å². The Balaban J connectivity index is 1.87. The van der Waals surface area contributed by atoms with Gasteiger partial charge in [-0.3, -0.25) is 0 Å². The highest BCUT2D eigenvalue weighted by atomic mass is 35.5. The number of benzene rings is 3. The summed E-state index contributed by atoms with van der Waals surface area (Å²) in [6.45, 7) is 0. The van der Waals surface area contributed by atoms with Crippen LogP contribution < -0.4 is 0 Å². The first-order valence-electron chi connectivity index (χ1n) is 6.70. The van der Waals surface area contributed by atoms with Gasteiger partial charge in [-0.05, 0) is 34.9 Å². The van der Waals surface area contributed by atoms with Crippen LogP contribution in [0.1, 0.15) is 16.5 Å². The number of alkyl halides is 1. The van der Waals surface area contributed by atoms with E-state index < -0.39 is 5.38 Å². The van der Waals surface area contributed by atoms with Crippen LogP contribution in [0.5, 0.6) is 0 Å². The van der Waals surface area contributed by atoms with Crippen molar-refractivity contribution in [3.05, 3.63) is 82.6 Å². The Bertz CT molecular complexity index is 783. The van der Waals surface area contributed by atoms with Crippen LogP contribution in [0.4, 0.5) is 4.39 Å². The van der Waals surface area contributed by atoms with Crippen LogP contribution in [0, 0.1) is 5.82 Å². The molecule has 0 bridgehead atoms. The van der Waals surface area contributed by atoms with Gasteiger partial charge in [-0.15, -0.1) is 11.6 Å². The molecule has 0 heterocycles. The molecule has 0 aliphatic rings. The molecular formula is C18H13Cl2F. The molecule has 3 aromatic rings. The molecular weight excluding hydrogens is 306 g/mol. The first-order chi connectivity index (χ1) is 10.1. The number of hydrogen-bond donors (Lipinski definition) is 0. The number of halogens is 3. The maximum absolute atomic E-state index is 13.9. The minimum atomic E-state index is -0.413. The zero-order chi connectivity index (χ0) is 14.8. The molecule has 0 amide bonds. The van der Waals surface area contributed by atoms with Crippen molar-refractivity contribution < 1.29 is 4.39 Å². The molecule has 21 heavy (non-hydrogen) atoms. The summed E-state index contributed by atoms with van der Waals surface area (Å²) in [5.41, 5.74) is 1.57. The van der Waals surface area contributed by atoms with Gasteiger partial charge >= 0.3 is 0 Å². The highest BCUT2D eigenvalue weighted by Crippen LogP contribution is 2.29. The molecule has 0 aliphatic heterocycles. The molecule has 3 heteroatoms. The SMILES string of the molecule is Fc1cc(Cl)ccc1C(Cl)Cc1ccc2ccccc2c1. The smallest absolute Gasteiger partial charge is 0.129 e. The van der Waals surface area contributed by atoms with Crippen LogP contribution in [0.3, 0.4) is 0 Å². The van der Waals surface area contributed by atoms with Gasteiger partial charge in [0.2, 0.25) is 0 Å². The summed E-state index contributed by atoms with van der Waals surface area (Å²) < 4.78 is 13.9. The zero-order valence-corrected chi connectivity index (χ0v) is 12.7. The predicted octanol–water partition coefficient (Wildman–Crippen LogP) is 6.15. The van der Waals surface area contributed by atoms with Crippen molar-refractivity contribution in [1.82, 2.24) is 0 Å². The molecule has 0 fully saturated rings. The van der Waals surface area contributed by atoms with E-state index in [0.29, 0.717) is 17.0 Å². The Labute approximate surface area is 133 Å². The van der Waals surface area contributed by atoms with E-state index in [2.05, 4.69) is 24.3 Å². The fraction of sp³-hybridized carbons (Fsp3) is 0.111. The Morgan fingerprint density at radius 2 is 1.67 bits per heavy atom.